The molecule has 1 fully saturated rings. The lowest BCUT2D eigenvalue weighted by Crippen LogP contribution is -2.32. The van der Waals surface area contributed by atoms with Gasteiger partial charge in [0.2, 0.25) is 5.88 Å². The molecule has 2 heterocycles. The van der Waals surface area contributed by atoms with E-state index in [4.69, 9.17) is 9.47 Å². The van der Waals surface area contributed by atoms with E-state index in [0.29, 0.717) is 35.4 Å². The molecule has 4 rings (SSSR count). The number of aromatic nitrogens is 1. The van der Waals surface area contributed by atoms with E-state index in [1.165, 1.54) is 29.9 Å². The van der Waals surface area contributed by atoms with Gasteiger partial charge in [0.1, 0.15) is 11.4 Å². The lowest BCUT2D eigenvalue weighted by molar-refractivity contribution is -0.137. The molecule has 1 aromatic carbocycles. The standard InChI is InChI=1S/C20H19F3N2O3/c21-20(22,23)15-5-3-13(4-6-15)9-25-10-16-17(27-12-19(25)26)7-8-18(24-16)28-11-14-1-2-14/h3-8,14H,1-2,9-12H2. The van der Waals surface area contributed by atoms with Crippen molar-refractivity contribution in [3.05, 3.63) is 53.2 Å². The molecule has 1 aliphatic carbocycles. The van der Waals surface area contributed by atoms with E-state index >= 15 is 0 Å². The normalized spacial score (nSPS) is 17.0. The van der Waals surface area contributed by atoms with Gasteiger partial charge in [0.05, 0.1) is 18.7 Å². The van der Waals surface area contributed by atoms with Crippen LogP contribution in [0.25, 0.3) is 0 Å². The van der Waals surface area contributed by atoms with E-state index in [-0.39, 0.29) is 25.6 Å². The maximum Gasteiger partial charge on any atom is 0.416 e. The first-order chi connectivity index (χ1) is 13.4. The van der Waals surface area contributed by atoms with Crippen LogP contribution in [-0.4, -0.2) is 29.0 Å². The Morgan fingerprint density at radius 1 is 1.14 bits per heavy atom. The van der Waals surface area contributed by atoms with Gasteiger partial charge in [-0.15, -0.1) is 0 Å². The minimum absolute atomic E-state index is 0.141. The quantitative estimate of drug-likeness (QED) is 0.777. The molecular formula is C20H19F3N2O3. The smallest absolute Gasteiger partial charge is 0.416 e. The summed E-state index contributed by atoms with van der Waals surface area (Å²) in [5.74, 6) is 1.34. The first-order valence-electron chi connectivity index (χ1n) is 9.08. The zero-order chi connectivity index (χ0) is 19.7. The second-order valence-electron chi connectivity index (χ2n) is 7.08. The fourth-order valence-corrected chi connectivity index (χ4v) is 2.94. The number of alkyl halides is 3. The summed E-state index contributed by atoms with van der Waals surface area (Å²) >= 11 is 0. The molecule has 0 atom stereocenters. The Labute approximate surface area is 160 Å². The third kappa shape index (κ3) is 4.37. The van der Waals surface area contributed by atoms with Crippen LogP contribution in [0, 0.1) is 5.92 Å². The monoisotopic (exact) mass is 392 g/mol. The van der Waals surface area contributed by atoms with Gasteiger partial charge >= 0.3 is 6.18 Å². The zero-order valence-corrected chi connectivity index (χ0v) is 15.0. The van der Waals surface area contributed by atoms with Crippen molar-refractivity contribution in [3.8, 4) is 11.6 Å². The van der Waals surface area contributed by atoms with Gasteiger partial charge in [-0.05, 0) is 42.5 Å². The Bertz CT molecular complexity index is 864. The number of carbonyl (C=O) groups excluding carboxylic acids is 1. The SMILES string of the molecule is O=C1COc2ccc(OCC3CC3)nc2CN1Cc1ccc(C(F)(F)F)cc1. The van der Waals surface area contributed by atoms with Gasteiger partial charge in [0, 0.05) is 12.6 Å². The Kier molecular flexibility index (Phi) is 4.87. The summed E-state index contributed by atoms with van der Waals surface area (Å²) in [7, 11) is 0. The average molecular weight is 392 g/mol. The van der Waals surface area contributed by atoms with Crippen molar-refractivity contribution in [2.75, 3.05) is 13.2 Å². The number of fused-ring (bicyclic) bond motifs is 1. The highest BCUT2D eigenvalue weighted by molar-refractivity contribution is 5.78. The van der Waals surface area contributed by atoms with Crippen molar-refractivity contribution in [1.29, 1.82) is 0 Å². The van der Waals surface area contributed by atoms with Gasteiger partial charge in [-0.3, -0.25) is 4.79 Å². The summed E-state index contributed by atoms with van der Waals surface area (Å²) in [6.07, 6.45) is -2.04. The molecule has 0 saturated heterocycles. The van der Waals surface area contributed by atoms with E-state index in [9.17, 15) is 18.0 Å². The van der Waals surface area contributed by atoms with Crippen LogP contribution in [0.2, 0.25) is 0 Å². The zero-order valence-electron chi connectivity index (χ0n) is 15.0. The van der Waals surface area contributed by atoms with Crippen LogP contribution in [0.1, 0.15) is 29.7 Å². The summed E-state index contributed by atoms with van der Waals surface area (Å²) < 4.78 is 49.4. The summed E-state index contributed by atoms with van der Waals surface area (Å²) in [6, 6.07) is 8.25. The molecule has 1 amide bonds. The maximum absolute atomic E-state index is 12.7. The highest BCUT2D eigenvalue weighted by Gasteiger charge is 2.30. The van der Waals surface area contributed by atoms with Crippen molar-refractivity contribution in [3.63, 3.8) is 0 Å². The molecule has 0 bridgehead atoms. The van der Waals surface area contributed by atoms with Crippen LogP contribution in [0.5, 0.6) is 11.6 Å². The van der Waals surface area contributed by atoms with Gasteiger partial charge in [-0.25, -0.2) is 4.98 Å². The van der Waals surface area contributed by atoms with Crippen molar-refractivity contribution < 1.29 is 27.4 Å². The molecule has 2 aromatic rings. The van der Waals surface area contributed by atoms with E-state index in [2.05, 4.69) is 4.98 Å². The van der Waals surface area contributed by atoms with Crippen molar-refractivity contribution in [2.24, 2.45) is 5.92 Å². The number of nitrogens with zero attached hydrogens (tertiary/aromatic N) is 2. The average Bonchev–Trinajstić information content (AvgIpc) is 3.49. The second kappa shape index (κ2) is 7.33. The number of amides is 1. The Morgan fingerprint density at radius 3 is 2.57 bits per heavy atom. The molecule has 8 heteroatoms. The number of carbonyl (C=O) groups is 1. The maximum atomic E-state index is 12.7. The first kappa shape index (κ1) is 18.6. The Morgan fingerprint density at radius 2 is 1.89 bits per heavy atom. The molecule has 0 radical (unpaired) electrons. The third-order valence-electron chi connectivity index (χ3n) is 4.77. The first-order valence-corrected chi connectivity index (χ1v) is 9.08. The largest absolute Gasteiger partial charge is 0.482 e. The van der Waals surface area contributed by atoms with Crippen molar-refractivity contribution >= 4 is 5.91 Å². The van der Waals surface area contributed by atoms with Crippen LogP contribution in [0.3, 0.4) is 0 Å². The Balaban J connectivity index is 1.48. The summed E-state index contributed by atoms with van der Waals surface area (Å²) in [5.41, 5.74) is 0.461. The number of pyridine rings is 1. The molecule has 0 spiro atoms. The molecule has 148 valence electrons. The molecule has 5 nitrogen and oxygen atoms in total. The van der Waals surface area contributed by atoms with E-state index in [1.54, 1.807) is 12.1 Å². The molecular weight excluding hydrogens is 373 g/mol. The van der Waals surface area contributed by atoms with Gasteiger partial charge in [-0.1, -0.05) is 12.1 Å². The predicted octanol–water partition coefficient (Wildman–Crippen LogP) is 3.81. The fraction of sp³-hybridized carbons (Fsp3) is 0.400. The van der Waals surface area contributed by atoms with Gasteiger partial charge in [0.15, 0.2) is 6.61 Å². The van der Waals surface area contributed by atoms with Crippen molar-refractivity contribution in [1.82, 2.24) is 9.88 Å². The van der Waals surface area contributed by atoms with Gasteiger partial charge in [0.25, 0.3) is 5.91 Å². The fourth-order valence-electron chi connectivity index (χ4n) is 2.94. The lowest BCUT2D eigenvalue weighted by Gasteiger charge is -2.20. The van der Waals surface area contributed by atoms with Gasteiger partial charge < -0.3 is 14.4 Å². The molecule has 0 N–H and O–H groups in total. The molecule has 1 saturated carbocycles. The molecule has 1 aromatic heterocycles. The minimum Gasteiger partial charge on any atom is -0.482 e. The summed E-state index contributed by atoms with van der Waals surface area (Å²) in [4.78, 5) is 18.4. The van der Waals surface area contributed by atoms with E-state index < -0.39 is 11.7 Å². The Hall–Kier alpha value is -2.77. The van der Waals surface area contributed by atoms with Crippen LogP contribution < -0.4 is 9.47 Å². The van der Waals surface area contributed by atoms with Crippen molar-refractivity contribution in [2.45, 2.75) is 32.1 Å². The predicted molar refractivity (Wildman–Crippen MR) is 93.6 cm³/mol. The molecule has 28 heavy (non-hydrogen) atoms. The summed E-state index contributed by atoms with van der Waals surface area (Å²) in [6.45, 7) is 0.864. The number of ether oxygens (including phenoxy) is 2. The van der Waals surface area contributed by atoms with Crippen LogP contribution in [0.4, 0.5) is 13.2 Å². The second-order valence-corrected chi connectivity index (χ2v) is 7.08. The number of hydrogen-bond acceptors (Lipinski definition) is 4. The topological polar surface area (TPSA) is 51.7 Å². The minimum atomic E-state index is -4.38. The van der Waals surface area contributed by atoms with E-state index in [1.807, 2.05) is 0 Å². The van der Waals surface area contributed by atoms with E-state index in [0.717, 1.165) is 12.1 Å². The third-order valence-corrected chi connectivity index (χ3v) is 4.77. The number of rotatable bonds is 5. The van der Waals surface area contributed by atoms with Crippen LogP contribution in [-0.2, 0) is 24.1 Å². The summed E-state index contributed by atoms with van der Waals surface area (Å²) in [5, 5.41) is 0. The highest BCUT2D eigenvalue weighted by atomic mass is 19.4. The number of hydrogen-bond donors (Lipinski definition) is 0. The molecule has 2 aliphatic rings. The highest BCUT2D eigenvalue weighted by Crippen LogP contribution is 2.31. The lowest BCUT2D eigenvalue weighted by atomic mass is 10.1. The van der Waals surface area contributed by atoms with Gasteiger partial charge in [-0.2, -0.15) is 13.2 Å². The van der Waals surface area contributed by atoms with Crippen LogP contribution in [0.15, 0.2) is 36.4 Å². The number of benzene rings is 1. The van der Waals surface area contributed by atoms with Crippen LogP contribution >= 0.6 is 0 Å². The number of halogens is 3. The molecule has 1 aliphatic heterocycles. The molecule has 0 unspecified atom stereocenters.